The van der Waals surface area contributed by atoms with Crippen LogP contribution in [0.3, 0.4) is 0 Å². The molecule has 0 saturated carbocycles. The summed E-state index contributed by atoms with van der Waals surface area (Å²) < 4.78 is 39.5. The van der Waals surface area contributed by atoms with Crippen molar-refractivity contribution in [3.8, 4) is 0 Å². The molecule has 0 aliphatic carbocycles. The number of rotatable bonds is 4. The lowest BCUT2D eigenvalue weighted by Gasteiger charge is -2.25. The fourth-order valence-electron chi connectivity index (χ4n) is 3.73. The molecule has 2 heterocycles. The highest BCUT2D eigenvalue weighted by molar-refractivity contribution is 6.46. The number of carbonyl (C=O) groups excluding carboxylic acids is 2. The minimum absolute atomic E-state index is 0.178. The monoisotopic (exact) mass is 472 g/mol. The van der Waals surface area contributed by atoms with Gasteiger partial charge in [-0.3, -0.25) is 14.6 Å². The Labute approximate surface area is 191 Å². The number of Topliss-reactive ketones (excluding diaryl/α,β-unsaturated/α-hetero) is 1. The summed E-state index contributed by atoms with van der Waals surface area (Å²) in [6.45, 7) is -0.272. The van der Waals surface area contributed by atoms with Crippen LogP contribution in [0.4, 0.5) is 13.2 Å². The summed E-state index contributed by atoms with van der Waals surface area (Å²) >= 11 is 5.90. The van der Waals surface area contributed by atoms with E-state index in [0.717, 1.165) is 17.0 Å². The number of nitrogens with zero attached hydrogens (tertiary/aromatic N) is 2. The molecule has 3 aromatic rings. The van der Waals surface area contributed by atoms with Crippen LogP contribution in [0, 0.1) is 0 Å². The van der Waals surface area contributed by atoms with Crippen molar-refractivity contribution in [1.82, 2.24) is 9.88 Å². The number of alkyl halides is 3. The average Bonchev–Trinajstić information content (AvgIpc) is 3.04. The first-order valence-corrected chi connectivity index (χ1v) is 10.1. The van der Waals surface area contributed by atoms with Crippen LogP contribution >= 0.6 is 11.6 Å². The zero-order chi connectivity index (χ0) is 23.8. The highest BCUT2D eigenvalue weighted by Gasteiger charge is 2.46. The number of amides is 1. The molecule has 0 bridgehead atoms. The Morgan fingerprint density at radius 2 is 1.79 bits per heavy atom. The lowest BCUT2D eigenvalue weighted by Crippen LogP contribution is -2.29. The van der Waals surface area contributed by atoms with Gasteiger partial charge in [0.25, 0.3) is 11.7 Å². The largest absolute Gasteiger partial charge is 0.507 e. The number of carbonyl (C=O) groups is 2. The van der Waals surface area contributed by atoms with E-state index in [0.29, 0.717) is 10.6 Å². The van der Waals surface area contributed by atoms with Crippen LogP contribution in [0.25, 0.3) is 5.76 Å². The zero-order valence-electron chi connectivity index (χ0n) is 16.9. The standard InChI is InChI=1S/C24H16ClF3N2O3/c25-18-8-6-15(7-9-18)21(31)19-20(16-4-2-10-29-12-16)30(23(33)22(19)32)13-14-3-1-5-17(11-14)24(26,27)28/h1-12,20,31H,13H2/b21-19+. The van der Waals surface area contributed by atoms with Gasteiger partial charge in [-0.2, -0.15) is 13.2 Å². The first-order valence-electron chi connectivity index (χ1n) is 9.77. The second kappa shape index (κ2) is 8.71. The smallest absolute Gasteiger partial charge is 0.416 e. The van der Waals surface area contributed by atoms with E-state index in [-0.39, 0.29) is 23.2 Å². The van der Waals surface area contributed by atoms with Crippen LogP contribution in [0.1, 0.15) is 28.3 Å². The third-order valence-electron chi connectivity index (χ3n) is 5.26. The summed E-state index contributed by atoms with van der Waals surface area (Å²) in [5.41, 5.74) is -0.158. The fourth-order valence-corrected chi connectivity index (χ4v) is 3.86. The second-order valence-electron chi connectivity index (χ2n) is 7.42. The molecule has 1 aliphatic heterocycles. The molecule has 0 radical (unpaired) electrons. The van der Waals surface area contributed by atoms with E-state index in [1.54, 1.807) is 12.1 Å². The fraction of sp³-hybridized carbons (Fsp3) is 0.125. The first-order chi connectivity index (χ1) is 15.7. The molecule has 1 unspecified atom stereocenters. The Bertz CT molecular complexity index is 1240. The number of aliphatic hydroxyl groups excluding tert-OH is 1. The highest BCUT2D eigenvalue weighted by atomic mass is 35.5. The Kier molecular flexibility index (Phi) is 5.95. The van der Waals surface area contributed by atoms with Crippen molar-refractivity contribution < 1.29 is 27.9 Å². The third kappa shape index (κ3) is 4.47. The molecule has 1 amide bonds. The van der Waals surface area contributed by atoms with Crippen molar-refractivity contribution >= 4 is 29.1 Å². The lowest BCUT2D eigenvalue weighted by molar-refractivity contribution is -0.140. The molecule has 4 rings (SSSR count). The Balaban J connectivity index is 1.82. The van der Waals surface area contributed by atoms with Gasteiger partial charge in [0, 0.05) is 29.5 Å². The van der Waals surface area contributed by atoms with Crippen molar-refractivity contribution in [1.29, 1.82) is 0 Å². The molecule has 168 valence electrons. The molecule has 33 heavy (non-hydrogen) atoms. The predicted octanol–water partition coefficient (Wildman–Crippen LogP) is 5.38. The summed E-state index contributed by atoms with van der Waals surface area (Å²) in [6.07, 6.45) is -1.62. The maximum absolute atomic E-state index is 13.2. The molecular weight excluding hydrogens is 457 g/mol. The van der Waals surface area contributed by atoms with Crippen molar-refractivity contribution in [3.05, 3.63) is 106 Å². The average molecular weight is 473 g/mol. The number of hydrogen-bond acceptors (Lipinski definition) is 4. The summed E-state index contributed by atoms with van der Waals surface area (Å²) in [7, 11) is 0. The van der Waals surface area contributed by atoms with Crippen LogP contribution in [-0.4, -0.2) is 26.7 Å². The van der Waals surface area contributed by atoms with Crippen LogP contribution in [0.5, 0.6) is 0 Å². The van der Waals surface area contributed by atoms with Gasteiger partial charge in [-0.25, -0.2) is 0 Å². The van der Waals surface area contributed by atoms with E-state index >= 15 is 0 Å². The van der Waals surface area contributed by atoms with Gasteiger partial charge in [-0.05, 0) is 53.6 Å². The summed E-state index contributed by atoms with van der Waals surface area (Å²) in [4.78, 5) is 31.1. The number of aliphatic hydroxyl groups is 1. The van der Waals surface area contributed by atoms with Gasteiger partial charge in [0.2, 0.25) is 0 Å². The SMILES string of the molecule is O=C1C(=O)N(Cc2cccc(C(F)(F)F)c2)C(c2cccnc2)/C1=C(\O)c1ccc(Cl)cc1. The van der Waals surface area contributed by atoms with Crippen LogP contribution < -0.4 is 0 Å². The number of likely N-dealkylation sites (tertiary alicyclic amines) is 1. The minimum Gasteiger partial charge on any atom is -0.507 e. The molecular formula is C24H16ClF3N2O3. The van der Waals surface area contributed by atoms with Gasteiger partial charge in [-0.1, -0.05) is 29.8 Å². The van der Waals surface area contributed by atoms with Crippen molar-refractivity contribution in [3.63, 3.8) is 0 Å². The van der Waals surface area contributed by atoms with Gasteiger partial charge in [0.15, 0.2) is 0 Å². The zero-order valence-corrected chi connectivity index (χ0v) is 17.6. The molecule has 5 nitrogen and oxygen atoms in total. The maximum atomic E-state index is 13.2. The predicted molar refractivity (Wildman–Crippen MR) is 115 cm³/mol. The number of benzene rings is 2. The minimum atomic E-state index is -4.55. The topological polar surface area (TPSA) is 70.5 Å². The van der Waals surface area contributed by atoms with Crippen molar-refractivity contribution in [2.45, 2.75) is 18.8 Å². The number of hydrogen-bond donors (Lipinski definition) is 1. The first kappa shape index (κ1) is 22.5. The van der Waals surface area contributed by atoms with Gasteiger partial charge in [0.05, 0.1) is 17.2 Å². The molecule has 1 N–H and O–H groups in total. The Morgan fingerprint density at radius 3 is 2.42 bits per heavy atom. The van der Waals surface area contributed by atoms with Gasteiger partial charge in [0.1, 0.15) is 5.76 Å². The van der Waals surface area contributed by atoms with Crippen molar-refractivity contribution in [2.75, 3.05) is 0 Å². The van der Waals surface area contributed by atoms with Crippen molar-refractivity contribution in [2.24, 2.45) is 0 Å². The highest BCUT2D eigenvalue weighted by Crippen LogP contribution is 2.40. The number of aromatic nitrogens is 1. The molecule has 0 spiro atoms. The maximum Gasteiger partial charge on any atom is 0.416 e. The molecule has 1 atom stereocenters. The summed E-state index contributed by atoms with van der Waals surface area (Å²) in [5, 5.41) is 11.4. The Morgan fingerprint density at radius 1 is 1.06 bits per heavy atom. The van der Waals surface area contributed by atoms with Gasteiger partial charge < -0.3 is 10.0 Å². The van der Waals surface area contributed by atoms with E-state index in [4.69, 9.17) is 11.6 Å². The van der Waals surface area contributed by atoms with E-state index < -0.39 is 35.2 Å². The summed E-state index contributed by atoms with van der Waals surface area (Å²) in [5.74, 6) is -2.29. The molecule has 1 aromatic heterocycles. The molecule has 2 aromatic carbocycles. The molecule has 9 heteroatoms. The van der Waals surface area contributed by atoms with E-state index in [2.05, 4.69) is 4.98 Å². The molecule has 1 fully saturated rings. The lowest BCUT2D eigenvalue weighted by atomic mass is 9.96. The van der Waals surface area contributed by atoms with Gasteiger partial charge >= 0.3 is 6.18 Å². The number of halogens is 4. The number of pyridine rings is 1. The third-order valence-corrected chi connectivity index (χ3v) is 5.52. The van der Waals surface area contributed by atoms with Crippen LogP contribution in [0.2, 0.25) is 5.02 Å². The normalized spacial score (nSPS) is 18.1. The quantitative estimate of drug-likeness (QED) is 0.314. The molecule has 1 aliphatic rings. The van der Waals surface area contributed by atoms with E-state index in [9.17, 15) is 27.9 Å². The number of ketones is 1. The molecule has 1 saturated heterocycles. The van der Waals surface area contributed by atoms with E-state index in [1.165, 1.54) is 48.8 Å². The van der Waals surface area contributed by atoms with Gasteiger partial charge in [-0.15, -0.1) is 0 Å². The Hall–Kier alpha value is -3.65. The van der Waals surface area contributed by atoms with Crippen LogP contribution in [0.15, 0.2) is 78.6 Å². The summed E-state index contributed by atoms with van der Waals surface area (Å²) in [6, 6.07) is 12.8. The second-order valence-corrected chi connectivity index (χ2v) is 7.85. The van der Waals surface area contributed by atoms with Crippen LogP contribution in [-0.2, 0) is 22.3 Å². The van der Waals surface area contributed by atoms with E-state index in [1.807, 2.05) is 0 Å².